The van der Waals surface area contributed by atoms with Crippen molar-refractivity contribution in [1.29, 1.82) is 0 Å². The highest BCUT2D eigenvalue weighted by Crippen LogP contribution is 2.31. The van der Waals surface area contributed by atoms with Crippen LogP contribution in [0.3, 0.4) is 0 Å². The van der Waals surface area contributed by atoms with Crippen LogP contribution in [0.15, 0.2) is 64.0 Å². The minimum atomic E-state index is -0.437. The molecule has 2 atom stereocenters. The van der Waals surface area contributed by atoms with Gasteiger partial charge >= 0.3 is 0 Å². The maximum Gasteiger partial charge on any atom is 0.251 e. The molecule has 1 aromatic carbocycles. The van der Waals surface area contributed by atoms with E-state index < -0.39 is 6.04 Å². The second kappa shape index (κ2) is 10.5. The van der Waals surface area contributed by atoms with Crippen molar-refractivity contribution in [3.05, 3.63) is 70.2 Å². The topological polar surface area (TPSA) is 113 Å². The molecular weight excluding hydrogens is 468 g/mol. The normalized spacial score (nSPS) is 22.0. The highest BCUT2D eigenvalue weighted by molar-refractivity contribution is 6.32. The van der Waals surface area contributed by atoms with Crippen molar-refractivity contribution in [1.82, 2.24) is 20.8 Å². The Kier molecular flexibility index (Phi) is 6.96. The number of hydrogen-bond acceptors (Lipinski definition) is 5. The summed E-state index contributed by atoms with van der Waals surface area (Å²) >= 11 is 6.36. The Hall–Kier alpha value is -3.43. The number of nitrogens with one attached hydrogen (secondary N) is 3. The van der Waals surface area contributed by atoms with E-state index in [1.807, 2.05) is 24.4 Å². The molecule has 1 saturated heterocycles. The highest BCUT2D eigenvalue weighted by Gasteiger charge is 2.26. The molecule has 2 aliphatic heterocycles. The first-order valence-corrected chi connectivity index (χ1v) is 12.0. The minimum Gasteiger partial charge on any atom is -0.495 e. The SMILES string of the molecule is COc1ccc(C(NC(=O)C2=CCC3C=NC(=NC4CCOCC4)NC3=C2)c2cn[nH]c2)cc1Cl. The molecule has 9 nitrogen and oxygen atoms in total. The van der Waals surface area contributed by atoms with E-state index in [9.17, 15) is 4.79 Å². The van der Waals surface area contributed by atoms with Crippen molar-refractivity contribution in [2.75, 3.05) is 20.3 Å². The summed E-state index contributed by atoms with van der Waals surface area (Å²) in [6.07, 6.45) is 11.6. The average Bonchev–Trinajstić information content (AvgIpc) is 3.42. The molecule has 1 aliphatic carbocycles. The maximum absolute atomic E-state index is 13.3. The molecule has 3 heterocycles. The highest BCUT2D eigenvalue weighted by atomic mass is 35.5. The van der Waals surface area contributed by atoms with Gasteiger partial charge in [-0.3, -0.25) is 9.89 Å². The Balaban J connectivity index is 1.34. The summed E-state index contributed by atoms with van der Waals surface area (Å²) in [6, 6.07) is 5.22. The van der Waals surface area contributed by atoms with Crippen LogP contribution < -0.4 is 15.4 Å². The van der Waals surface area contributed by atoms with Gasteiger partial charge in [0, 0.05) is 48.4 Å². The minimum absolute atomic E-state index is 0.102. The number of carbonyl (C=O) groups excluding carboxylic acids is 1. The van der Waals surface area contributed by atoms with Crippen molar-refractivity contribution in [2.45, 2.75) is 31.3 Å². The van der Waals surface area contributed by atoms with Gasteiger partial charge in [0.25, 0.3) is 5.91 Å². The maximum atomic E-state index is 13.3. The Bertz CT molecular complexity index is 1200. The Morgan fingerprint density at radius 2 is 2.17 bits per heavy atom. The third kappa shape index (κ3) is 5.31. The van der Waals surface area contributed by atoms with Crippen molar-refractivity contribution in [2.24, 2.45) is 15.9 Å². The molecule has 0 spiro atoms. The molecule has 3 aliphatic rings. The van der Waals surface area contributed by atoms with Gasteiger partial charge in [0.05, 0.1) is 30.4 Å². The van der Waals surface area contributed by atoms with Crippen molar-refractivity contribution in [3.63, 3.8) is 0 Å². The van der Waals surface area contributed by atoms with Crippen molar-refractivity contribution in [3.8, 4) is 5.75 Å². The van der Waals surface area contributed by atoms with E-state index in [0.717, 1.165) is 42.9 Å². The summed E-state index contributed by atoms with van der Waals surface area (Å²) in [7, 11) is 1.57. The standard InChI is InChI=1S/C25H27ClN6O3/c1-34-22-5-4-15(10-20(22)26)23(18-13-28-29-14-18)32-24(33)16-2-3-17-12-27-25(31-21(17)11-16)30-19-6-8-35-9-7-19/h2,4-5,10-14,17,19,23H,3,6-9H2,1H3,(H,28,29)(H,30,31)(H,32,33). The number of benzene rings is 1. The van der Waals surface area contributed by atoms with Crippen molar-refractivity contribution < 1.29 is 14.3 Å². The third-order valence-corrected chi connectivity index (χ3v) is 6.63. The van der Waals surface area contributed by atoms with Gasteiger partial charge in [0.1, 0.15) is 5.75 Å². The zero-order chi connectivity index (χ0) is 24.2. The smallest absolute Gasteiger partial charge is 0.251 e. The zero-order valence-electron chi connectivity index (χ0n) is 19.3. The number of ether oxygens (including phenoxy) is 2. The second-order valence-electron chi connectivity index (χ2n) is 8.63. The first-order chi connectivity index (χ1) is 17.1. The molecule has 0 bridgehead atoms. The Labute approximate surface area is 208 Å². The van der Waals surface area contributed by atoms with Gasteiger partial charge < -0.3 is 20.1 Å². The number of fused-ring (bicyclic) bond motifs is 1. The number of guanidine groups is 1. The van der Waals surface area contributed by atoms with E-state index in [2.05, 4.69) is 25.8 Å². The number of rotatable bonds is 6. The lowest BCUT2D eigenvalue weighted by Crippen LogP contribution is -2.36. The number of aliphatic imine (C=N–C) groups is 2. The molecule has 0 radical (unpaired) electrons. The second-order valence-corrected chi connectivity index (χ2v) is 9.04. The number of hydrogen-bond donors (Lipinski definition) is 3. The van der Waals surface area contributed by atoms with Gasteiger partial charge in [-0.05, 0) is 43.0 Å². The van der Waals surface area contributed by atoms with E-state index in [1.54, 1.807) is 31.6 Å². The summed E-state index contributed by atoms with van der Waals surface area (Å²) in [6.45, 7) is 1.45. The fourth-order valence-corrected chi connectivity index (χ4v) is 4.64. The fraction of sp³-hybridized carbons (Fsp3) is 0.360. The number of aromatic amines is 1. The van der Waals surface area contributed by atoms with Crippen LogP contribution in [0.5, 0.6) is 5.75 Å². The fourth-order valence-electron chi connectivity index (χ4n) is 4.37. The lowest BCUT2D eigenvalue weighted by Gasteiger charge is -2.27. The summed E-state index contributed by atoms with van der Waals surface area (Å²) in [5.74, 6) is 1.07. The quantitative estimate of drug-likeness (QED) is 0.570. The summed E-state index contributed by atoms with van der Waals surface area (Å²) in [5.41, 5.74) is 3.14. The van der Waals surface area contributed by atoms with Gasteiger partial charge in [-0.1, -0.05) is 23.7 Å². The molecule has 2 unspecified atom stereocenters. The molecule has 2 aromatic rings. The lowest BCUT2D eigenvalue weighted by molar-refractivity contribution is -0.117. The number of amides is 1. The van der Waals surface area contributed by atoms with E-state index in [1.165, 1.54) is 0 Å². The van der Waals surface area contributed by atoms with E-state index >= 15 is 0 Å². The number of carbonyl (C=O) groups is 1. The molecule has 0 saturated carbocycles. The van der Waals surface area contributed by atoms with Gasteiger partial charge in [-0.15, -0.1) is 0 Å². The predicted molar refractivity (Wildman–Crippen MR) is 134 cm³/mol. The van der Waals surface area contributed by atoms with Crippen LogP contribution in [0.2, 0.25) is 5.02 Å². The number of allylic oxidation sites excluding steroid dienone is 2. The predicted octanol–water partition coefficient (Wildman–Crippen LogP) is 3.32. The van der Waals surface area contributed by atoms with E-state index in [4.69, 9.17) is 26.1 Å². The lowest BCUT2D eigenvalue weighted by atomic mass is 9.92. The summed E-state index contributed by atoms with van der Waals surface area (Å²) in [5, 5.41) is 13.8. The van der Waals surface area contributed by atoms with Crippen LogP contribution >= 0.6 is 11.6 Å². The van der Waals surface area contributed by atoms with Crippen LogP contribution in [-0.4, -0.2) is 54.6 Å². The largest absolute Gasteiger partial charge is 0.495 e. The number of H-pyrrole nitrogens is 1. The first-order valence-electron chi connectivity index (χ1n) is 11.6. The summed E-state index contributed by atoms with van der Waals surface area (Å²) < 4.78 is 10.7. The molecular formula is C25H27ClN6O3. The van der Waals surface area contributed by atoms with Crippen LogP contribution in [0.1, 0.15) is 36.4 Å². The van der Waals surface area contributed by atoms with Crippen molar-refractivity contribution >= 4 is 29.7 Å². The molecule has 1 amide bonds. The van der Waals surface area contributed by atoms with Gasteiger partial charge in [0.2, 0.25) is 5.96 Å². The molecule has 3 N–H and O–H groups in total. The van der Waals surface area contributed by atoms with Crippen LogP contribution in [0, 0.1) is 5.92 Å². The van der Waals surface area contributed by atoms with E-state index in [-0.39, 0.29) is 17.9 Å². The van der Waals surface area contributed by atoms with Crippen LogP contribution in [0.25, 0.3) is 0 Å². The molecule has 1 fully saturated rings. The van der Waals surface area contributed by atoms with Gasteiger partial charge in [-0.25, -0.2) is 9.98 Å². The number of halogens is 1. The van der Waals surface area contributed by atoms with Crippen LogP contribution in [-0.2, 0) is 9.53 Å². The first kappa shape index (κ1) is 23.3. The van der Waals surface area contributed by atoms with Crippen LogP contribution in [0.4, 0.5) is 0 Å². The molecule has 10 heteroatoms. The molecule has 1 aromatic heterocycles. The Morgan fingerprint density at radius 1 is 1.31 bits per heavy atom. The van der Waals surface area contributed by atoms with E-state index in [0.29, 0.717) is 28.7 Å². The monoisotopic (exact) mass is 494 g/mol. The number of methoxy groups -OCH3 is 1. The number of aromatic nitrogens is 2. The Morgan fingerprint density at radius 3 is 2.91 bits per heavy atom. The third-order valence-electron chi connectivity index (χ3n) is 6.33. The average molecular weight is 495 g/mol. The molecule has 35 heavy (non-hydrogen) atoms. The molecule has 5 rings (SSSR count). The van der Waals surface area contributed by atoms with Gasteiger partial charge in [-0.2, -0.15) is 5.10 Å². The van der Waals surface area contributed by atoms with Gasteiger partial charge in [0.15, 0.2) is 0 Å². The summed E-state index contributed by atoms with van der Waals surface area (Å²) in [4.78, 5) is 22.6. The zero-order valence-corrected chi connectivity index (χ0v) is 20.1. The molecule has 182 valence electrons. The number of nitrogens with zero attached hydrogens (tertiary/aromatic N) is 3.